The molecule has 0 unspecified atom stereocenters. The fourth-order valence-corrected chi connectivity index (χ4v) is 2.02. The normalized spacial score (nSPS) is 11.3. The van der Waals surface area contributed by atoms with Gasteiger partial charge in [0.15, 0.2) is 5.96 Å². The van der Waals surface area contributed by atoms with E-state index in [1.165, 1.54) is 17.7 Å². The van der Waals surface area contributed by atoms with Crippen LogP contribution in [0.1, 0.15) is 16.8 Å². The molecule has 0 saturated heterocycles. The molecular formula is C17H21FN4. The highest BCUT2D eigenvalue weighted by Crippen LogP contribution is 2.03. The van der Waals surface area contributed by atoms with E-state index < -0.39 is 0 Å². The Morgan fingerprint density at radius 2 is 2.05 bits per heavy atom. The summed E-state index contributed by atoms with van der Waals surface area (Å²) in [4.78, 5) is 8.43. The Morgan fingerprint density at radius 1 is 1.18 bits per heavy atom. The van der Waals surface area contributed by atoms with E-state index in [1.807, 2.05) is 25.3 Å². The quantitative estimate of drug-likeness (QED) is 0.658. The van der Waals surface area contributed by atoms with Gasteiger partial charge in [0, 0.05) is 32.0 Å². The second-order valence-corrected chi connectivity index (χ2v) is 5.04. The molecule has 5 heteroatoms. The van der Waals surface area contributed by atoms with Gasteiger partial charge in [0.1, 0.15) is 5.82 Å². The van der Waals surface area contributed by atoms with E-state index in [-0.39, 0.29) is 5.82 Å². The average molecular weight is 300 g/mol. The monoisotopic (exact) mass is 300 g/mol. The van der Waals surface area contributed by atoms with E-state index in [0.717, 1.165) is 24.2 Å². The molecule has 0 saturated carbocycles. The summed E-state index contributed by atoms with van der Waals surface area (Å²) < 4.78 is 13.1. The molecular weight excluding hydrogens is 279 g/mol. The number of halogens is 1. The van der Waals surface area contributed by atoms with Crippen molar-refractivity contribution in [2.45, 2.75) is 19.9 Å². The molecule has 4 nitrogen and oxygen atoms in total. The number of guanidine groups is 1. The van der Waals surface area contributed by atoms with Crippen LogP contribution in [0.5, 0.6) is 0 Å². The van der Waals surface area contributed by atoms with Crippen LogP contribution in [-0.4, -0.2) is 24.5 Å². The predicted octanol–water partition coefficient (Wildman–Crippen LogP) is 2.44. The Hall–Kier alpha value is -2.43. The summed E-state index contributed by atoms with van der Waals surface area (Å²) in [6.07, 6.45) is 2.76. The van der Waals surface area contributed by atoms with Crippen molar-refractivity contribution in [3.63, 3.8) is 0 Å². The summed E-state index contributed by atoms with van der Waals surface area (Å²) in [5.41, 5.74) is 3.08. The number of hydrogen-bond acceptors (Lipinski definition) is 2. The Kier molecular flexibility index (Phi) is 5.89. The molecule has 0 spiro atoms. The van der Waals surface area contributed by atoms with Crippen molar-refractivity contribution in [1.82, 2.24) is 15.6 Å². The number of benzene rings is 1. The number of aromatic nitrogens is 1. The van der Waals surface area contributed by atoms with Gasteiger partial charge in [-0.15, -0.1) is 0 Å². The molecule has 2 aromatic rings. The highest BCUT2D eigenvalue weighted by Gasteiger charge is 2.00. The summed E-state index contributed by atoms with van der Waals surface area (Å²) in [6, 6.07) is 10.6. The van der Waals surface area contributed by atoms with E-state index in [9.17, 15) is 4.39 Å². The Morgan fingerprint density at radius 3 is 2.73 bits per heavy atom. The highest BCUT2D eigenvalue weighted by molar-refractivity contribution is 5.79. The van der Waals surface area contributed by atoms with E-state index in [1.54, 1.807) is 13.1 Å². The minimum Gasteiger partial charge on any atom is -0.356 e. The number of hydrogen-bond donors (Lipinski definition) is 2. The van der Waals surface area contributed by atoms with E-state index >= 15 is 0 Å². The Labute approximate surface area is 130 Å². The summed E-state index contributed by atoms with van der Waals surface area (Å²) in [6.45, 7) is 3.26. The zero-order valence-corrected chi connectivity index (χ0v) is 12.9. The maximum atomic E-state index is 13.1. The lowest BCUT2D eigenvalue weighted by atomic mass is 10.2. The largest absolute Gasteiger partial charge is 0.356 e. The van der Waals surface area contributed by atoms with E-state index in [2.05, 4.69) is 26.7 Å². The van der Waals surface area contributed by atoms with Gasteiger partial charge in [-0.1, -0.05) is 18.2 Å². The van der Waals surface area contributed by atoms with Crippen LogP contribution in [0.4, 0.5) is 4.39 Å². The molecule has 0 radical (unpaired) electrons. The lowest BCUT2D eigenvalue weighted by Gasteiger charge is -2.12. The van der Waals surface area contributed by atoms with Gasteiger partial charge in [0.05, 0.1) is 0 Å². The van der Waals surface area contributed by atoms with Gasteiger partial charge in [-0.3, -0.25) is 9.98 Å². The summed E-state index contributed by atoms with van der Waals surface area (Å²) in [5.74, 6) is 0.471. The fraction of sp³-hybridized carbons (Fsp3) is 0.294. The molecule has 0 fully saturated rings. The lowest BCUT2D eigenvalue weighted by Crippen LogP contribution is -2.37. The zero-order valence-electron chi connectivity index (χ0n) is 12.9. The van der Waals surface area contributed by atoms with Gasteiger partial charge in [0.2, 0.25) is 0 Å². The first-order chi connectivity index (χ1) is 10.7. The number of rotatable bonds is 5. The highest BCUT2D eigenvalue weighted by atomic mass is 19.1. The first-order valence-corrected chi connectivity index (χ1v) is 7.28. The van der Waals surface area contributed by atoms with Crippen molar-refractivity contribution in [3.05, 3.63) is 65.2 Å². The molecule has 0 atom stereocenters. The van der Waals surface area contributed by atoms with Crippen molar-refractivity contribution < 1.29 is 4.39 Å². The SMILES string of the molecule is CN=C(NCCc1ccc(C)nc1)NCc1cccc(F)c1. The minimum atomic E-state index is -0.228. The van der Waals surface area contributed by atoms with Crippen LogP contribution >= 0.6 is 0 Å². The molecule has 0 bridgehead atoms. The Balaban J connectivity index is 1.76. The van der Waals surface area contributed by atoms with Crippen molar-refractivity contribution >= 4 is 5.96 Å². The first kappa shape index (κ1) is 15.9. The van der Waals surface area contributed by atoms with Crippen molar-refractivity contribution in [2.24, 2.45) is 4.99 Å². The van der Waals surface area contributed by atoms with Gasteiger partial charge in [-0.05, 0) is 42.7 Å². The number of aryl methyl sites for hydroxylation is 1. The molecule has 1 aromatic carbocycles. The van der Waals surface area contributed by atoms with Gasteiger partial charge < -0.3 is 10.6 Å². The zero-order chi connectivity index (χ0) is 15.8. The van der Waals surface area contributed by atoms with Crippen LogP contribution in [-0.2, 0) is 13.0 Å². The third-order valence-corrected chi connectivity index (χ3v) is 3.25. The van der Waals surface area contributed by atoms with Gasteiger partial charge >= 0.3 is 0 Å². The Bertz CT molecular complexity index is 623. The third-order valence-electron chi connectivity index (χ3n) is 3.25. The standard InChI is InChI=1S/C17H21FN4/c1-13-6-7-14(11-21-13)8-9-20-17(19-2)22-12-15-4-3-5-16(18)10-15/h3-7,10-11H,8-9,12H2,1-2H3,(H2,19,20,22). The van der Waals surface area contributed by atoms with Crippen LogP contribution < -0.4 is 10.6 Å². The second kappa shape index (κ2) is 8.12. The predicted molar refractivity (Wildman–Crippen MR) is 87.3 cm³/mol. The topological polar surface area (TPSA) is 49.3 Å². The molecule has 0 aliphatic carbocycles. The van der Waals surface area contributed by atoms with Crippen LogP contribution in [0.15, 0.2) is 47.6 Å². The van der Waals surface area contributed by atoms with Crippen molar-refractivity contribution in [3.8, 4) is 0 Å². The first-order valence-electron chi connectivity index (χ1n) is 7.28. The molecule has 1 heterocycles. The molecule has 0 amide bonds. The van der Waals surface area contributed by atoms with Crippen LogP contribution in [0.25, 0.3) is 0 Å². The summed E-state index contributed by atoms with van der Waals surface area (Å²) in [5, 5.41) is 6.40. The molecule has 2 N–H and O–H groups in total. The number of pyridine rings is 1. The second-order valence-electron chi connectivity index (χ2n) is 5.04. The minimum absolute atomic E-state index is 0.228. The summed E-state index contributed by atoms with van der Waals surface area (Å²) >= 11 is 0. The molecule has 0 aliphatic rings. The fourth-order valence-electron chi connectivity index (χ4n) is 2.02. The maximum absolute atomic E-state index is 13.1. The molecule has 22 heavy (non-hydrogen) atoms. The van der Waals surface area contributed by atoms with Gasteiger partial charge in [0.25, 0.3) is 0 Å². The van der Waals surface area contributed by atoms with E-state index in [4.69, 9.17) is 0 Å². The average Bonchev–Trinajstić information content (AvgIpc) is 2.52. The van der Waals surface area contributed by atoms with Gasteiger partial charge in [-0.2, -0.15) is 0 Å². The van der Waals surface area contributed by atoms with Crippen molar-refractivity contribution in [1.29, 1.82) is 0 Å². The van der Waals surface area contributed by atoms with E-state index in [0.29, 0.717) is 12.5 Å². The molecule has 2 rings (SSSR count). The lowest BCUT2D eigenvalue weighted by molar-refractivity contribution is 0.624. The van der Waals surface area contributed by atoms with Gasteiger partial charge in [-0.25, -0.2) is 4.39 Å². The third kappa shape index (κ3) is 5.16. The maximum Gasteiger partial charge on any atom is 0.191 e. The number of nitrogens with one attached hydrogen (secondary N) is 2. The molecule has 116 valence electrons. The summed E-state index contributed by atoms with van der Waals surface area (Å²) in [7, 11) is 1.72. The molecule has 1 aromatic heterocycles. The van der Waals surface area contributed by atoms with Crippen molar-refractivity contribution in [2.75, 3.05) is 13.6 Å². The molecule has 0 aliphatic heterocycles. The smallest absolute Gasteiger partial charge is 0.191 e. The van der Waals surface area contributed by atoms with Crippen LogP contribution in [0.2, 0.25) is 0 Å². The van der Waals surface area contributed by atoms with Crippen LogP contribution in [0.3, 0.4) is 0 Å². The number of aliphatic imine (C=N–C) groups is 1. The number of nitrogens with zero attached hydrogens (tertiary/aromatic N) is 2. The van der Waals surface area contributed by atoms with Crippen LogP contribution in [0, 0.1) is 12.7 Å².